The minimum atomic E-state index is 0.0570. The Bertz CT molecular complexity index is 461. The molecule has 2 unspecified atom stereocenters. The standard InChI is InChI=1S/C16H23NO3/c1-3-20-16-7-5-4-6-13(16)15(19)10-17-9-8-12(2)14(17)11-18/h4-7,12,14,18H,3,8-11H2,1-2H3. The number of hydrogen-bond acceptors (Lipinski definition) is 4. The molecule has 2 atom stereocenters. The van der Waals surface area contributed by atoms with Crippen LogP contribution in [0.25, 0.3) is 0 Å². The number of aliphatic hydroxyl groups is 1. The smallest absolute Gasteiger partial charge is 0.180 e. The number of ether oxygens (including phenoxy) is 1. The zero-order valence-corrected chi connectivity index (χ0v) is 12.2. The summed E-state index contributed by atoms with van der Waals surface area (Å²) in [5.41, 5.74) is 0.630. The summed E-state index contributed by atoms with van der Waals surface area (Å²) in [6.45, 7) is 5.91. The molecular weight excluding hydrogens is 254 g/mol. The lowest BCUT2D eigenvalue weighted by Crippen LogP contribution is -2.38. The van der Waals surface area contributed by atoms with Gasteiger partial charge in [-0.05, 0) is 37.9 Å². The average molecular weight is 277 g/mol. The van der Waals surface area contributed by atoms with Crippen molar-refractivity contribution in [3.8, 4) is 5.75 Å². The number of Topliss-reactive ketones (excluding diaryl/α,β-unsaturated/α-hetero) is 1. The first-order valence-electron chi connectivity index (χ1n) is 7.27. The van der Waals surface area contributed by atoms with E-state index in [1.165, 1.54) is 0 Å². The maximum absolute atomic E-state index is 12.5. The van der Waals surface area contributed by atoms with Crippen molar-refractivity contribution >= 4 is 5.78 Å². The van der Waals surface area contributed by atoms with Crippen LogP contribution in [0, 0.1) is 5.92 Å². The fourth-order valence-corrected chi connectivity index (χ4v) is 2.83. The first-order valence-corrected chi connectivity index (χ1v) is 7.27. The van der Waals surface area contributed by atoms with Gasteiger partial charge in [0.1, 0.15) is 5.75 Å². The number of ketones is 1. The number of nitrogens with zero attached hydrogens (tertiary/aromatic N) is 1. The predicted octanol–water partition coefficient (Wildman–Crippen LogP) is 1.97. The fraction of sp³-hybridized carbons (Fsp3) is 0.562. The Hall–Kier alpha value is -1.39. The molecule has 1 aromatic rings. The molecule has 1 aromatic carbocycles. The number of rotatable bonds is 6. The van der Waals surface area contributed by atoms with Gasteiger partial charge in [0.2, 0.25) is 0 Å². The van der Waals surface area contributed by atoms with E-state index in [9.17, 15) is 9.90 Å². The van der Waals surface area contributed by atoms with E-state index in [0.29, 0.717) is 30.4 Å². The Labute approximate surface area is 120 Å². The molecule has 1 N–H and O–H groups in total. The molecule has 4 nitrogen and oxygen atoms in total. The lowest BCUT2D eigenvalue weighted by Gasteiger charge is -2.24. The summed E-state index contributed by atoms with van der Waals surface area (Å²) in [6, 6.07) is 7.45. The molecule has 0 bridgehead atoms. The maximum Gasteiger partial charge on any atom is 0.180 e. The molecule has 0 spiro atoms. The number of likely N-dealkylation sites (tertiary alicyclic amines) is 1. The Morgan fingerprint density at radius 3 is 2.90 bits per heavy atom. The van der Waals surface area contributed by atoms with Gasteiger partial charge in [-0.25, -0.2) is 0 Å². The van der Waals surface area contributed by atoms with Crippen LogP contribution in [-0.2, 0) is 0 Å². The highest BCUT2D eigenvalue weighted by Gasteiger charge is 2.32. The number of benzene rings is 1. The molecule has 1 fully saturated rings. The molecular formula is C16H23NO3. The van der Waals surface area contributed by atoms with Crippen molar-refractivity contribution in [2.24, 2.45) is 5.92 Å². The molecule has 1 saturated heterocycles. The highest BCUT2D eigenvalue weighted by Crippen LogP contribution is 2.25. The van der Waals surface area contributed by atoms with Crippen LogP contribution in [0.5, 0.6) is 5.75 Å². The van der Waals surface area contributed by atoms with Gasteiger partial charge >= 0.3 is 0 Å². The monoisotopic (exact) mass is 277 g/mol. The van der Waals surface area contributed by atoms with Crippen molar-refractivity contribution in [2.75, 3.05) is 26.3 Å². The van der Waals surface area contributed by atoms with E-state index in [1.807, 2.05) is 25.1 Å². The summed E-state index contributed by atoms with van der Waals surface area (Å²) in [7, 11) is 0. The van der Waals surface area contributed by atoms with Crippen LogP contribution in [0.4, 0.5) is 0 Å². The first kappa shape index (κ1) is 15.0. The van der Waals surface area contributed by atoms with Gasteiger partial charge in [-0.1, -0.05) is 19.1 Å². The van der Waals surface area contributed by atoms with Gasteiger partial charge in [-0.2, -0.15) is 0 Å². The largest absolute Gasteiger partial charge is 0.493 e. The summed E-state index contributed by atoms with van der Waals surface area (Å²) in [6.07, 6.45) is 1.03. The SMILES string of the molecule is CCOc1ccccc1C(=O)CN1CCC(C)C1CO. The van der Waals surface area contributed by atoms with Crippen molar-refractivity contribution in [3.63, 3.8) is 0 Å². The fourth-order valence-electron chi connectivity index (χ4n) is 2.83. The van der Waals surface area contributed by atoms with Gasteiger partial charge < -0.3 is 9.84 Å². The van der Waals surface area contributed by atoms with Gasteiger partial charge in [-0.3, -0.25) is 9.69 Å². The quantitative estimate of drug-likeness (QED) is 0.808. The maximum atomic E-state index is 12.5. The number of hydrogen-bond donors (Lipinski definition) is 1. The van der Waals surface area contributed by atoms with Crippen LogP contribution >= 0.6 is 0 Å². The molecule has 0 aromatic heterocycles. The second kappa shape index (κ2) is 6.86. The zero-order chi connectivity index (χ0) is 14.5. The van der Waals surface area contributed by atoms with Crippen molar-refractivity contribution in [3.05, 3.63) is 29.8 Å². The number of aliphatic hydroxyl groups excluding tert-OH is 1. The van der Waals surface area contributed by atoms with Crippen LogP contribution in [0.3, 0.4) is 0 Å². The van der Waals surface area contributed by atoms with E-state index >= 15 is 0 Å². The molecule has 1 aliphatic heterocycles. The van der Waals surface area contributed by atoms with E-state index in [4.69, 9.17) is 4.74 Å². The third-order valence-corrected chi connectivity index (χ3v) is 4.02. The molecule has 20 heavy (non-hydrogen) atoms. The first-order chi connectivity index (χ1) is 9.67. The third-order valence-electron chi connectivity index (χ3n) is 4.02. The van der Waals surface area contributed by atoms with Crippen molar-refractivity contribution < 1.29 is 14.6 Å². The minimum Gasteiger partial charge on any atom is -0.493 e. The van der Waals surface area contributed by atoms with Crippen molar-refractivity contribution in [1.29, 1.82) is 0 Å². The van der Waals surface area contributed by atoms with E-state index in [-0.39, 0.29) is 18.4 Å². The molecule has 1 aliphatic rings. The summed E-state index contributed by atoms with van der Waals surface area (Å²) in [5.74, 6) is 1.14. The Balaban J connectivity index is 2.09. The van der Waals surface area contributed by atoms with Crippen LogP contribution < -0.4 is 4.74 Å². The highest BCUT2D eigenvalue weighted by atomic mass is 16.5. The van der Waals surface area contributed by atoms with Crippen LogP contribution in [-0.4, -0.2) is 48.1 Å². The third kappa shape index (κ3) is 3.19. The molecule has 1 heterocycles. The van der Waals surface area contributed by atoms with Crippen LogP contribution in [0.2, 0.25) is 0 Å². The van der Waals surface area contributed by atoms with Crippen molar-refractivity contribution in [2.45, 2.75) is 26.3 Å². The van der Waals surface area contributed by atoms with E-state index in [2.05, 4.69) is 11.8 Å². The minimum absolute atomic E-state index is 0.0570. The number of carbonyl (C=O) groups excluding carboxylic acids is 1. The average Bonchev–Trinajstić information content (AvgIpc) is 2.80. The van der Waals surface area contributed by atoms with Gasteiger partial charge in [0, 0.05) is 6.04 Å². The molecule has 110 valence electrons. The van der Waals surface area contributed by atoms with Gasteiger partial charge in [0.15, 0.2) is 5.78 Å². The lowest BCUT2D eigenvalue weighted by molar-refractivity contribution is 0.0862. The predicted molar refractivity (Wildman–Crippen MR) is 78.2 cm³/mol. The van der Waals surface area contributed by atoms with E-state index in [1.54, 1.807) is 6.07 Å². The lowest BCUT2D eigenvalue weighted by atomic mass is 10.0. The van der Waals surface area contributed by atoms with E-state index in [0.717, 1.165) is 13.0 Å². The molecule has 0 saturated carbocycles. The van der Waals surface area contributed by atoms with E-state index < -0.39 is 0 Å². The summed E-state index contributed by atoms with van der Waals surface area (Å²) < 4.78 is 5.51. The normalized spacial score (nSPS) is 22.9. The second-order valence-corrected chi connectivity index (χ2v) is 5.34. The summed E-state index contributed by atoms with van der Waals surface area (Å²) in [5, 5.41) is 9.45. The van der Waals surface area contributed by atoms with Gasteiger partial charge in [0.05, 0.1) is 25.3 Å². The van der Waals surface area contributed by atoms with Crippen molar-refractivity contribution in [1.82, 2.24) is 4.90 Å². The Kier molecular flexibility index (Phi) is 5.15. The highest BCUT2D eigenvalue weighted by molar-refractivity contribution is 6.00. The van der Waals surface area contributed by atoms with Crippen LogP contribution in [0.1, 0.15) is 30.6 Å². The number of carbonyl (C=O) groups is 1. The molecule has 0 radical (unpaired) electrons. The Morgan fingerprint density at radius 2 is 2.20 bits per heavy atom. The topological polar surface area (TPSA) is 49.8 Å². The van der Waals surface area contributed by atoms with Gasteiger partial charge in [0.25, 0.3) is 0 Å². The zero-order valence-electron chi connectivity index (χ0n) is 12.2. The molecule has 2 rings (SSSR count). The van der Waals surface area contributed by atoms with Gasteiger partial charge in [-0.15, -0.1) is 0 Å². The molecule has 0 aliphatic carbocycles. The molecule has 0 amide bonds. The Morgan fingerprint density at radius 1 is 1.45 bits per heavy atom. The molecule has 4 heteroatoms. The summed E-state index contributed by atoms with van der Waals surface area (Å²) in [4.78, 5) is 14.5. The summed E-state index contributed by atoms with van der Waals surface area (Å²) >= 11 is 0. The van der Waals surface area contributed by atoms with Crippen LogP contribution in [0.15, 0.2) is 24.3 Å². The second-order valence-electron chi connectivity index (χ2n) is 5.34. The number of para-hydroxylation sites is 1.